The van der Waals surface area contributed by atoms with Gasteiger partial charge in [0.2, 0.25) is 0 Å². The summed E-state index contributed by atoms with van der Waals surface area (Å²) in [7, 11) is 0. The smallest absolute Gasteiger partial charge is 0.0357 e. The summed E-state index contributed by atoms with van der Waals surface area (Å²) < 4.78 is 0. The lowest BCUT2D eigenvalue weighted by molar-refractivity contribution is 0.142. The Kier molecular flexibility index (Phi) is 3.53. The van der Waals surface area contributed by atoms with E-state index in [1.54, 1.807) is 11.1 Å². The second-order valence-electron chi connectivity index (χ2n) is 6.87. The second-order valence-corrected chi connectivity index (χ2v) is 6.87. The van der Waals surface area contributed by atoms with Gasteiger partial charge in [-0.3, -0.25) is 4.90 Å². The average molecular weight is 270 g/mol. The molecule has 1 aromatic rings. The molecule has 3 aliphatic rings. The number of nitrogens with one attached hydrogen (secondary N) is 1. The zero-order valence-corrected chi connectivity index (χ0v) is 12.4. The SMILES string of the molecule is c1ccc2c(c1)CCC2N(CC1CCNCC1)C1CC1. The largest absolute Gasteiger partial charge is 0.317 e. The molecular formula is C18H26N2. The van der Waals surface area contributed by atoms with Gasteiger partial charge >= 0.3 is 0 Å². The van der Waals surface area contributed by atoms with Crippen molar-refractivity contribution in [1.29, 1.82) is 0 Å². The molecule has 2 heteroatoms. The molecule has 1 saturated carbocycles. The molecule has 0 aromatic heterocycles. The molecular weight excluding hydrogens is 244 g/mol. The van der Waals surface area contributed by atoms with Crippen LogP contribution in [0.2, 0.25) is 0 Å². The molecule has 4 rings (SSSR count). The first-order valence-corrected chi connectivity index (χ1v) is 8.46. The fourth-order valence-corrected chi connectivity index (χ4v) is 4.18. The van der Waals surface area contributed by atoms with Crippen molar-refractivity contribution in [3.05, 3.63) is 35.4 Å². The maximum absolute atomic E-state index is 3.50. The predicted molar refractivity (Wildman–Crippen MR) is 82.8 cm³/mol. The molecule has 1 aromatic carbocycles. The van der Waals surface area contributed by atoms with E-state index in [0.29, 0.717) is 6.04 Å². The van der Waals surface area contributed by atoms with Crippen molar-refractivity contribution in [2.24, 2.45) is 5.92 Å². The Morgan fingerprint density at radius 2 is 1.80 bits per heavy atom. The van der Waals surface area contributed by atoms with Crippen molar-refractivity contribution in [1.82, 2.24) is 10.2 Å². The van der Waals surface area contributed by atoms with Crippen molar-refractivity contribution < 1.29 is 0 Å². The van der Waals surface area contributed by atoms with E-state index >= 15 is 0 Å². The van der Waals surface area contributed by atoms with Crippen LogP contribution in [0, 0.1) is 5.92 Å². The van der Waals surface area contributed by atoms with E-state index in [9.17, 15) is 0 Å². The molecule has 0 bridgehead atoms. The molecule has 1 N–H and O–H groups in total. The molecule has 1 saturated heterocycles. The Morgan fingerprint density at radius 1 is 1.00 bits per heavy atom. The van der Waals surface area contributed by atoms with Crippen LogP contribution in [0.15, 0.2) is 24.3 Å². The topological polar surface area (TPSA) is 15.3 Å². The van der Waals surface area contributed by atoms with Crippen molar-refractivity contribution in [3.8, 4) is 0 Å². The van der Waals surface area contributed by atoms with E-state index in [4.69, 9.17) is 0 Å². The second kappa shape index (κ2) is 5.50. The lowest BCUT2D eigenvalue weighted by Crippen LogP contribution is -2.38. The summed E-state index contributed by atoms with van der Waals surface area (Å²) >= 11 is 0. The first-order chi connectivity index (χ1) is 9.92. The van der Waals surface area contributed by atoms with Gasteiger partial charge in [-0.25, -0.2) is 0 Å². The fourth-order valence-electron chi connectivity index (χ4n) is 4.18. The standard InChI is InChI=1S/C18H26N2/c1-2-4-17-15(3-1)5-8-18(17)20(16-6-7-16)13-14-9-11-19-12-10-14/h1-4,14,16,18-19H,5-13H2. The quantitative estimate of drug-likeness (QED) is 0.904. The maximum Gasteiger partial charge on any atom is 0.0357 e. The third-order valence-electron chi connectivity index (χ3n) is 5.45. The van der Waals surface area contributed by atoms with E-state index in [2.05, 4.69) is 34.5 Å². The van der Waals surface area contributed by atoms with Crippen molar-refractivity contribution in [2.75, 3.05) is 19.6 Å². The van der Waals surface area contributed by atoms with Gasteiger partial charge in [0.15, 0.2) is 0 Å². The van der Waals surface area contributed by atoms with Crippen molar-refractivity contribution >= 4 is 0 Å². The van der Waals surface area contributed by atoms with Crippen LogP contribution in [0.1, 0.15) is 49.3 Å². The van der Waals surface area contributed by atoms with Crippen molar-refractivity contribution in [2.45, 2.75) is 50.6 Å². The number of nitrogens with zero attached hydrogens (tertiary/aromatic N) is 1. The Morgan fingerprint density at radius 3 is 2.60 bits per heavy atom. The van der Waals surface area contributed by atoms with Crippen LogP contribution < -0.4 is 5.32 Å². The van der Waals surface area contributed by atoms with Crippen LogP contribution in [-0.4, -0.2) is 30.6 Å². The van der Waals surface area contributed by atoms with E-state index in [1.165, 1.54) is 58.2 Å². The van der Waals surface area contributed by atoms with Crippen LogP contribution >= 0.6 is 0 Å². The van der Waals surface area contributed by atoms with Gasteiger partial charge in [0.1, 0.15) is 0 Å². The molecule has 0 spiro atoms. The van der Waals surface area contributed by atoms with Gasteiger partial charge in [0.25, 0.3) is 0 Å². The number of benzene rings is 1. The first kappa shape index (κ1) is 12.8. The van der Waals surface area contributed by atoms with Gasteiger partial charge in [0, 0.05) is 18.6 Å². The molecule has 20 heavy (non-hydrogen) atoms. The summed E-state index contributed by atoms with van der Waals surface area (Å²) in [4.78, 5) is 2.88. The zero-order valence-electron chi connectivity index (χ0n) is 12.4. The van der Waals surface area contributed by atoms with Crippen LogP contribution in [0.25, 0.3) is 0 Å². The Bertz CT molecular complexity index is 460. The highest BCUT2D eigenvalue weighted by Gasteiger charge is 2.38. The molecule has 1 atom stereocenters. The number of aryl methyl sites for hydroxylation is 1. The monoisotopic (exact) mass is 270 g/mol. The minimum atomic E-state index is 0.716. The number of piperidine rings is 1. The van der Waals surface area contributed by atoms with Gasteiger partial charge in [-0.15, -0.1) is 0 Å². The molecule has 2 nitrogen and oxygen atoms in total. The molecule has 1 aliphatic heterocycles. The Labute approximate surface area is 122 Å². The van der Waals surface area contributed by atoms with Crippen LogP contribution in [0.5, 0.6) is 0 Å². The lowest BCUT2D eigenvalue weighted by Gasteiger charge is -2.34. The zero-order chi connectivity index (χ0) is 13.4. The van der Waals surface area contributed by atoms with E-state index in [1.807, 2.05) is 0 Å². The highest BCUT2D eigenvalue weighted by Crippen LogP contribution is 2.42. The van der Waals surface area contributed by atoms with Crippen LogP contribution in [0.3, 0.4) is 0 Å². The maximum atomic E-state index is 3.50. The number of hydrogen-bond acceptors (Lipinski definition) is 2. The normalized spacial score (nSPS) is 26.9. The molecule has 108 valence electrons. The number of hydrogen-bond donors (Lipinski definition) is 1. The highest BCUT2D eigenvalue weighted by atomic mass is 15.2. The van der Waals surface area contributed by atoms with Crippen molar-refractivity contribution in [3.63, 3.8) is 0 Å². The van der Waals surface area contributed by atoms with E-state index in [0.717, 1.165) is 12.0 Å². The summed E-state index contributed by atoms with van der Waals surface area (Å²) in [5.41, 5.74) is 3.24. The van der Waals surface area contributed by atoms with Crippen LogP contribution in [0.4, 0.5) is 0 Å². The Hall–Kier alpha value is -0.860. The van der Waals surface area contributed by atoms with Gasteiger partial charge in [-0.05, 0) is 68.7 Å². The summed E-state index contributed by atoms with van der Waals surface area (Å²) in [6, 6.07) is 10.8. The fraction of sp³-hybridized carbons (Fsp3) is 0.667. The molecule has 2 fully saturated rings. The molecule has 2 aliphatic carbocycles. The van der Waals surface area contributed by atoms with Gasteiger partial charge < -0.3 is 5.32 Å². The Balaban J connectivity index is 1.51. The number of fused-ring (bicyclic) bond motifs is 1. The molecule has 0 amide bonds. The molecule has 1 unspecified atom stereocenters. The molecule has 0 radical (unpaired) electrons. The summed E-state index contributed by atoms with van der Waals surface area (Å²) in [6.45, 7) is 3.79. The number of rotatable bonds is 4. The highest BCUT2D eigenvalue weighted by molar-refractivity contribution is 5.34. The lowest BCUT2D eigenvalue weighted by atomic mass is 9.96. The van der Waals surface area contributed by atoms with E-state index in [-0.39, 0.29) is 0 Å². The average Bonchev–Trinajstić information content (AvgIpc) is 3.25. The van der Waals surface area contributed by atoms with Gasteiger partial charge in [0.05, 0.1) is 0 Å². The predicted octanol–water partition coefficient (Wildman–Crippen LogP) is 3.14. The minimum Gasteiger partial charge on any atom is -0.317 e. The van der Waals surface area contributed by atoms with Gasteiger partial charge in [-0.1, -0.05) is 24.3 Å². The summed E-state index contributed by atoms with van der Waals surface area (Å²) in [6.07, 6.45) is 8.25. The third-order valence-corrected chi connectivity index (χ3v) is 5.45. The molecule has 1 heterocycles. The minimum absolute atomic E-state index is 0.716. The third kappa shape index (κ3) is 2.51. The van der Waals surface area contributed by atoms with Gasteiger partial charge in [-0.2, -0.15) is 0 Å². The summed E-state index contributed by atoms with van der Waals surface area (Å²) in [5, 5.41) is 3.50. The van der Waals surface area contributed by atoms with E-state index < -0.39 is 0 Å². The first-order valence-electron chi connectivity index (χ1n) is 8.46. The summed E-state index contributed by atoms with van der Waals surface area (Å²) in [5.74, 6) is 0.921. The van der Waals surface area contributed by atoms with Crippen LogP contribution in [-0.2, 0) is 6.42 Å².